The minimum absolute atomic E-state index is 0.563. The Morgan fingerprint density at radius 2 is 0.667 bits per heavy atom. The highest BCUT2D eigenvalue weighted by atomic mass is 16.3. The van der Waals surface area contributed by atoms with Crippen molar-refractivity contribution in [2.75, 3.05) is 0 Å². The van der Waals surface area contributed by atoms with Crippen LogP contribution >= 0.6 is 0 Å². The van der Waals surface area contributed by atoms with Gasteiger partial charge in [-0.25, -0.2) is 15.0 Å². The highest BCUT2D eigenvalue weighted by molar-refractivity contribution is 6.26. The summed E-state index contributed by atoms with van der Waals surface area (Å²) in [7, 11) is 0. The SMILES string of the molecule is c1ccc(-c2ccc(-n3c4ccccc4c4ccc5c6ccc7c8ccccc8n(-c8ccccc8-c8nc(-c9cccc(-c%10ccccc%10)c9)nc(-c9cccc(-c%10ccccc%10)c9)n8)c7c6oc5c43)cc2)cc1. The maximum Gasteiger partial charge on any atom is 0.166 e. The van der Waals surface area contributed by atoms with Gasteiger partial charge in [0.05, 0.1) is 27.8 Å². The fraction of sp³-hybridized carbons (Fsp3) is 0. The highest BCUT2D eigenvalue weighted by Crippen LogP contribution is 2.45. The van der Waals surface area contributed by atoms with Crippen molar-refractivity contribution in [3.63, 3.8) is 0 Å². The van der Waals surface area contributed by atoms with E-state index in [1.165, 1.54) is 16.5 Å². The van der Waals surface area contributed by atoms with E-state index >= 15 is 0 Å². The van der Waals surface area contributed by atoms with Crippen LogP contribution in [0, 0.1) is 0 Å². The molecule has 0 bridgehead atoms. The molecule has 4 aromatic heterocycles. The average molecular weight is 958 g/mol. The van der Waals surface area contributed by atoms with Gasteiger partial charge in [-0.1, -0.05) is 200 Å². The third kappa shape index (κ3) is 6.99. The third-order valence-corrected chi connectivity index (χ3v) is 14.8. The number of fused-ring (bicyclic) bond motifs is 11. The quantitative estimate of drug-likeness (QED) is 0.152. The van der Waals surface area contributed by atoms with Crippen LogP contribution in [-0.2, 0) is 0 Å². The second kappa shape index (κ2) is 17.3. The summed E-state index contributed by atoms with van der Waals surface area (Å²) < 4.78 is 12.2. The van der Waals surface area contributed by atoms with Crippen molar-refractivity contribution in [2.45, 2.75) is 0 Å². The topological polar surface area (TPSA) is 61.7 Å². The zero-order valence-corrected chi connectivity index (χ0v) is 40.5. The Kier molecular flexibility index (Phi) is 9.78. The molecule has 15 aromatic rings. The lowest BCUT2D eigenvalue weighted by atomic mass is 10.0. The van der Waals surface area contributed by atoms with Crippen LogP contribution in [0.5, 0.6) is 0 Å². The van der Waals surface area contributed by atoms with E-state index in [1.807, 2.05) is 12.1 Å². The van der Waals surface area contributed by atoms with Crippen LogP contribution in [0.2, 0.25) is 0 Å². The van der Waals surface area contributed by atoms with Crippen molar-refractivity contribution in [1.82, 2.24) is 24.1 Å². The van der Waals surface area contributed by atoms with Gasteiger partial charge in [0.1, 0.15) is 0 Å². The summed E-state index contributed by atoms with van der Waals surface area (Å²) in [6.07, 6.45) is 0. The van der Waals surface area contributed by atoms with Gasteiger partial charge < -0.3 is 13.6 Å². The van der Waals surface area contributed by atoms with E-state index in [0.29, 0.717) is 17.5 Å². The van der Waals surface area contributed by atoms with Crippen molar-refractivity contribution < 1.29 is 4.42 Å². The molecular formula is C69H43N5O. The molecule has 0 atom stereocenters. The van der Waals surface area contributed by atoms with Crippen LogP contribution in [0.15, 0.2) is 265 Å². The van der Waals surface area contributed by atoms with E-state index in [-0.39, 0.29) is 0 Å². The molecule has 0 fully saturated rings. The van der Waals surface area contributed by atoms with Crippen LogP contribution < -0.4 is 0 Å². The Balaban J connectivity index is 0.966. The third-order valence-electron chi connectivity index (χ3n) is 14.8. The Bertz CT molecular complexity index is 4590. The number of para-hydroxylation sites is 3. The predicted octanol–water partition coefficient (Wildman–Crippen LogP) is 18.0. The molecule has 75 heavy (non-hydrogen) atoms. The molecule has 6 heteroatoms. The number of aromatic nitrogens is 5. The lowest BCUT2D eigenvalue weighted by Gasteiger charge is -2.15. The van der Waals surface area contributed by atoms with Gasteiger partial charge in [-0.15, -0.1) is 0 Å². The van der Waals surface area contributed by atoms with E-state index < -0.39 is 0 Å². The normalized spacial score (nSPS) is 11.7. The van der Waals surface area contributed by atoms with Gasteiger partial charge in [-0.2, -0.15) is 0 Å². The monoisotopic (exact) mass is 957 g/mol. The number of rotatable bonds is 8. The molecule has 0 saturated heterocycles. The Morgan fingerprint density at radius 3 is 1.23 bits per heavy atom. The highest BCUT2D eigenvalue weighted by Gasteiger charge is 2.25. The lowest BCUT2D eigenvalue weighted by Crippen LogP contribution is -2.03. The van der Waals surface area contributed by atoms with E-state index in [0.717, 1.165) is 110 Å². The van der Waals surface area contributed by atoms with E-state index in [4.69, 9.17) is 19.4 Å². The lowest BCUT2D eigenvalue weighted by molar-refractivity contribution is 0.673. The Morgan fingerprint density at radius 1 is 0.267 bits per heavy atom. The maximum atomic E-state index is 7.47. The smallest absolute Gasteiger partial charge is 0.166 e. The summed E-state index contributed by atoms with van der Waals surface area (Å²) in [4.78, 5) is 16.1. The number of hydrogen-bond acceptors (Lipinski definition) is 4. The first kappa shape index (κ1) is 42.5. The molecular weight excluding hydrogens is 915 g/mol. The van der Waals surface area contributed by atoms with Crippen molar-refractivity contribution in [1.29, 1.82) is 0 Å². The van der Waals surface area contributed by atoms with Gasteiger partial charge in [0.25, 0.3) is 0 Å². The van der Waals surface area contributed by atoms with Crippen LogP contribution in [0.4, 0.5) is 0 Å². The molecule has 0 saturated carbocycles. The van der Waals surface area contributed by atoms with Crippen molar-refractivity contribution in [3.8, 4) is 78.9 Å². The molecule has 6 nitrogen and oxygen atoms in total. The molecule has 0 N–H and O–H groups in total. The summed E-state index contributed by atoms with van der Waals surface area (Å²) in [6.45, 7) is 0. The molecule has 4 heterocycles. The van der Waals surface area contributed by atoms with Crippen molar-refractivity contribution in [3.05, 3.63) is 261 Å². The van der Waals surface area contributed by atoms with Crippen LogP contribution in [0.25, 0.3) is 144 Å². The molecule has 0 aliphatic rings. The Labute approximate surface area is 431 Å². The summed E-state index contributed by atoms with van der Waals surface area (Å²) in [5, 5.41) is 6.61. The van der Waals surface area contributed by atoms with Crippen molar-refractivity contribution >= 4 is 65.6 Å². The summed E-state index contributed by atoms with van der Waals surface area (Å²) >= 11 is 0. The predicted molar refractivity (Wildman–Crippen MR) is 308 cm³/mol. The van der Waals surface area contributed by atoms with Gasteiger partial charge in [-0.05, 0) is 94.0 Å². The first-order valence-electron chi connectivity index (χ1n) is 25.3. The van der Waals surface area contributed by atoms with Gasteiger partial charge in [0.15, 0.2) is 28.6 Å². The summed E-state index contributed by atoms with van der Waals surface area (Å²) in [6, 6.07) is 92.0. The first-order valence-corrected chi connectivity index (χ1v) is 25.3. The van der Waals surface area contributed by atoms with Gasteiger partial charge in [0.2, 0.25) is 0 Å². The molecule has 350 valence electrons. The second-order valence-electron chi connectivity index (χ2n) is 19.1. The summed E-state index contributed by atoms with van der Waals surface area (Å²) in [5.41, 5.74) is 17.2. The molecule has 0 spiro atoms. The number of hydrogen-bond donors (Lipinski definition) is 0. The largest absolute Gasteiger partial charge is 0.452 e. The van der Waals surface area contributed by atoms with Crippen LogP contribution in [0.1, 0.15) is 0 Å². The zero-order valence-electron chi connectivity index (χ0n) is 40.5. The fourth-order valence-electron chi connectivity index (χ4n) is 11.3. The number of nitrogens with zero attached hydrogens (tertiary/aromatic N) is 5. The van der Waals surface area contributed by atoms with E-state index in [2.05, 4.69) is 258 Å². The molecule has 0 aliphatic carbocycles. The number of benzene rings is 11. The van der Waals surface area contributed by atoms with E-state index in [9.17, 15) is 0 Å². The average Bonchev–Trinajstić information content (AvgIpc) is 4.16. The fourth-order valence-corrected chi connectivity index (χ4v) is 11.3. The second-order valence-corrected chi connectivity index (χ2v) is 19.1. The molecule has 0 amide bonds. The van der Waals surface area contributed by atoms with Gasteiger partial charge >= 0.3 is 0 Å². The molecule has 0 unspecified atom stereocenters. The maximum absolute atomic E-state index is 7.47. The zero-order chi connectivity index (χ0) is 49.4. The minimum Gasteiger partial charge on any atom is -0.452 e. The van der Waals surface area contributed by atoms with E-state index in [1.54, 1.807) is 0 Å². The van der Waals surface area contributed by atoms with Gasteiger partial charge in [0, 0.05) is 54.7 Å². The Hall–Kier alpha value is -10.2. The standard InChI is InChI=1S/C69H43N5O/c1-4-18-44(19-5-1)47-34-36-52(37-35-47)73-60-31-13-10-28-53(60)55-38-40-57-58-41-39-56-54-29-11-14-32-61(54)74(64(56)66(58)75-65(57)63(55)73)62-33-15-12-30-59(62)69-71-67(50-26-16-24-48(42-50)45-20-6-2-7-21-45)70-68(72-69)51-27-17-25-49(43-51)46-22-8-3-9-23-46/h1-43H. The minimum atomic E-state index is 0.563. The molecule has 0 aliphatic heterocycles. The van der Waals surface area contributed by atoms with Crippen LogP contribution in [-0.4, -0.2) is 24.1 Å². The number of furan rings is 1. The first-order chi connectivity index (χ1) is 37.2. The molecule has 0 radical (unpaired) electrons. The molecule has 11 aromatic carbocycles. The molecule has 15 rings (SSSR count). The van der Waals surface area contributed by atoms with Crippen molar-refractivity contribution in [2.24, 2.45) is 0 Å². The summed E-state index contributed by atoms with van der Waals surface area (Å²) in [5.74, 6) is 1.74. The van der Waals surface area contributed by atoms with Gasteiger partial charge in [-0.3, -0.25) is 0 Å². The van der Waals surface area contributed by atoms with Crippen LogP contribution in [0.3, 0.4) is 0 Å².